The summed E-state index contributed by atoms with van der Waals surface area (Å²) in [6, 6.07) is 0. The van der Waals surface area contributed by atoms with Crippen LogP contribution < -0.4 is 0 Å². The highest BCUT2D eigenvalue weighted by Gasteiger charge is 2.11. The minimum atomic E-state index is -0.946. The van der Waals surface area contributed by atoms with E-state index in [4.69, 9.17) is 5.11 Å². The van der Waals surface area contributed by atoms with Crippen molar-refractivity contribution in [1.82, 2.24) is 4.98 Å². The second-order valence-corrected chi connectivity index (χ2v) is 2.85. The Morgan fingerprint density at radius 2 is 2.33 bits per heavy atom. The van der Waals surface area contributed by atoms with E-state index in [1.807, 2.05) is 0 Å². The molecule has 1 rings (SSSR count). The fourth-order valence-corrected chi connectivity index (χ4v) is 1.11. The lowest BCUT2D eigenvalue weighted by Crippen LogP contribution is -2.05. The van der Waals surface area contributed by atoms with Crippen LogP contribution in [0, 0.1) is 17.0 Å². The molecule has 0 saturated heterocycles. The first-order chi connectivity index (χ1) is 7.06. The van der Waals surface area contributed by atoms with Crippen molar-refractivity contribution in [3.63, 3.8) is 0 Å². The van der Waals surface area contributed by atoms with Crippen LogP contribution in [-0.4, -0.2) is 20.3 Å². The van der Waals surface area contributed by atoms with Crippen LogP contribution in [0.2, 0.25) is 0 Å². The van der Waals surface area contributed by atoms with Gasteiger partial charge in [0, 0.05) is 17.3 Å². The number of aliphatic hydroxyl groups excluding tert-OH is 1. The van der Waals surface area contributed by atoms with Crippen LogP contribution in [0.4, 0.5) is 0 Å². The molecule has 0 aliphatic heterocycles. The van der Waals surface area contributed by atoms with Crippen molar-refractivity contribution in [3.05, 3.63) is 33.1 Å². The molecule has 0 amide bonds. The first-order valence-electron chi connectivity index (χ1n) is 4.10. The monoisotopic (exact) mass is 214 g/mol. The normalized spacial score (nSPS) is 10.0. The summed E-state index contributed by atoms with van der Waals surface area (Å²) in [6.45, 7) is 0.794. The zero-order chi connectivity index (χ0) is 11.4. The molecular formula is C8H10N2O5. The minimum absolute atomic E-state index is 0.165. The van der Waals surface area contributed by atoms with Gasteiger partial charge < -0.3 is 15.1 Å². The highest BCUT2D eigenvalue weighted by molar-refractivity contribution is 5.39. The van der Waals surface area contributed by atoms with Gasteiger partial charge in [-0.05, 0) is 6.92 Å². The number of hydrogen-bond donors (Lipinski definition) is 2. The molecule has 1 aromatic rings. The molecule has 0 aliphatic rings. The zero-order valence-electron chi connectivity index (χ0n) is 8.01. The number of hydrogen-bond acceptors (Lipinski definition) is 6. The van der Waals surface area contributed by atoms with Crippen molar-refractivity contribution in [2.45, 2.75) is 20.1 Å². The van der Waals surface area contributed by atoms with Gasteiger partial charge in [0.2, 0.25) is 0 Å². The van der Waals surface area contributed by atoms with Crippen LogP contribution in [0.1, 0.15) is 16.8 Å². The molecule has 1 aromatic heterocycles. The maximum Gasteiger partial charge on any atom is 0.294 e. The highest BCUT2D eigenvalue weighted by Crippen LogP contribution is 2.23. The average molecular weight is 214 g/mol. The summed E-state index contributed by atoms with van der Waals surface area (Å²) in [5.74, 6) is -0.165. The number of pyridine rings is 1. The quantitative estimate of drug-likeness (QED) is 0.551. The number of aryl methyl sites for hydroxylation is 1. The molecule has 0 radical (unpaired) electrons. The molecule has 0 aromatic carbocycles. The summed E-state index contributed by atoms with van der Waals surface area (Å²) >= 11 is 0. The standard InChI is InChI=1S/C8H10N2O5/c1-5-8(12)7(3-11)6(2-9-5)4-15-10(13)14/h2,11-12H,3-4H2,1H3. The average Bonchev–Trinajstić information content (AvgIpc) is 2.19. The van der Waals surface area contributed by atoms with Crippen LogP contribution in [-0.2, 0) is 18.1 Å². The summed E-state index contributed by atoms with van der Waals surface area (Å²) in [6.07, 6.45) is 1.32. The van der Waals surface area contributed by atoms with Gasteiger partial charge in [-0.1, -0.05) is 0 Å². The van der Waals surface area contributed by atoms with E-state index >= 15 is 0 Å². The van der Waals surface area contributed by atoms with Crippen LogP contribution in [0.15, 0.2) is 6.20 Å². The van der Waals surface area contributed by atoms with E-state index in [0.717, 1.165) is 0 Å². The van der Waals surface area contributed by atoms with Gasteiger partial charge in [-0.15, -0.1) is 10.1 Å². The Bertz CT molecular complexity index is 380. The van der Waals surface area contributed by atoms with Crippen molar-refractivity contribution in [2.24, 2.45) is 0 Å². The van der Waals surface area contributed by atoms with Crippen LogP contribution in [0.5, 0.6) is 5.75 Å². The molecule has 0 aliphatic carbocycles. The van der Waals surface area contributed by atoms with E-state index in [0.29, 0.717) is 5.69 Å². The van der Waals surface area contributed by atoms with Gasteiger partial charge in [-0.3, -0.25) is 4.98 Å². The Morgan fingerprint density at radius 1 is 1.67 bits per heavy atom. The third kappa shape index (κ3) is 2.53. The topological polar surface area (TPSA) is 106 Å². The summed E-state index contributed by atoms with van der Waals surface area (Å²) in [4.78, 5) is 17.9. The lowest BCUT2D eigenvalue weighted by atomic mass is 10.1. The third-order valence-corrected chi connectivity index (χ3v) is 1.91. The molecule has 0 bridgehead atoms. The number of aliphatic hydroxyl groups is 1. The number of nitrogens with zero attached hydrogens (tertiary/aromatic N) is 2. The summed E-state index contributed by atoms with van der Waals surface area (Å²) in [5.41, 5.74) is 0.838. The second-order valence-electron chi connectivity index (χ2n) is 2.85. The van der Waals surface area contributed by atoms with E-state index in [2.05, 4.69) is 9.82 Å². The number of aromatic nitrogens is 1. The highest BCUT2D eigenvalue weighted by atomic mass is 16.9. The van der Waals surface area contributed by atoms with Gasteiger partial charge in [-0.25, -0.2) is 0 Å². The molecule has 0 unspecified atom stereocenters. The molecule has 1 heterocycles. The Labute approximate surface area is 85.1 Å². The molecule has 7 nitrogen and oxygen atoms in total. The summed E-state index contributed by atoms with van der Waals surface area (Å²) in [5, 5.41) is 27.5. The SMILES string of the molecule is Cc1ncc(CO[N+](=O)[O-])c(CO)c1O. The molecule has 82 valence electrons. The Hall–Kier alpha value is -1.89. The molecule has 2 N–H and O–H groups in total. The van der Waals surface area contributed by atoms with E-state index in [-0.39, 0.29) is 23.5 Å². The van der Waals surface area contributed by atoms with Gasteiger partial charge in [0.15, 0.2) is 0 Å². The van der Waals surface area contributed by atoms with Crippen molar-refractivity contribution >= 4 is 0 Å². The van der Waals surface area contributed by atoms with Crippen molar-refractivity contribution in [1.29, 1.82) is 0 Å². The Balaban J connectivity index is 2.97. The molecule has 0 spiro atoms. The van der Waals surface area contributed by atoms with Crippen LogP contribution >= 0.6 is 0 Å². The first kappa shape index (κ1) is 11.2. The lowest BCUT2D eigenvalue weighted by molar-refractivity contribution is -0.763. The van der Waals surface area contributed by atoms with Gasteiger partial charge in [0.25, 0.3) is 5.09 Å². The second kappa shape index (κ2) is 4.56. The van der Waals surface area contributed by atoms with Crippen LogP contribution in [0.25, 0.3) is 0 Å². The Morgan fingerprint density at radius 3 is 2.87 bits per heavy atom. The van der Waals surface area contributed by atoms with Gasteiger partial charge in [-0.2, -0.15) is 0 Å². The minimum Gasteiger partial charge on any atom is -0.506 e. The Kier molecular flexibility index (Phi) is 3.40. The number of aromatic hydroxyl groups is 1. The van der Waals surface area contributed by atoms with E-state index in [9.17, 15) is 15.2 Å². The van der Waals surface area contributed by atoms with Crippen molar-refractivity contribution in [2.75, 3.05) is 0 Å². The molecule has 0 atom stereocenters. The fraction of sp³-hybridized carbons (Fsp3) is 0.375. The number of rotatable bonds is 4. The lowest BCUT2D eigenvalue weighted by Gasteiger charge is -2.09. The van der Waals surface area contributed by atoms with Gasteiger partial charge >= 0.3 is 0 Å². The van der Waals surface area contributed by atoms with E-state index < -0.39 is 11.7 Å². The molecule has 15 heavy (non-hydrogen) atoms. The predicted molar refractivity (Wildman–Crippen MR) is 48.3 cm³/mol. The third-order valence-electron chi connectivity index (χ3n) is 1.91. The first-order valence-corrected chi connectivity index (χ1v) is 4.10. The molecule has 0 saturated carbocycles. The summed E-state index contributed by atoms with van der Waals surface area (Å²) in [7, 11) is 0. The summed E-state index contributed by atoms with van der Waals surface area (Å²) < 4.78 is 0. The maximum absolute atomic E-state index is 9.96. The van der Waals surface area contributed by atoms with Crippen LogP contribution in [0.3, 0.4) is 0 Å². The van der Waals surface area contributed by atoms with E-state index in [1.165, 1.54) is 6.20 Å². The molecule has 7 heteroatoms. The van der Waals surface area contributed by atoms with Crippen molar-refractivity contribution < 1.29 is 20.1 Å². The maximum atomic E-state index is 9.96. The smallest absolute Gasteiger partial charge is 0.294 e. The zero-order valence-corrected chi connectivity index (χ0v) is 8.01. The van der Waals surface area contributed by atoms with Gasteiger partial charge in [0.05, 0.1) is 12.3 Å². The molecular weight excluding hydrogens is 204 g/mol. The van der Waals surface area contributed by atoms with Crippen molar-refractivity contribution in [3.8, 4) is 5.75 Å². The van der Waals surface area contributed by atoms with Gasteiger partial charge in [0.1, 0.15) is 12.4 Å². The molecule has 0 fully saturated rings. The largest absolute Gasteiger partial charge is 0.506 e. The predicted octanol–water partition coefficient (Wildman–Crippen LogP) is 0.296. The van der Waals surface area contributed by atoms with E-state index in [1.54, 1.807) is 6.92 Å². The fourth-order valence-electron chi connectivity index (χ4n) is 1.11.